The van der Waals surface area contributed by atoms with Crippen molar-refractivity contribution in [2.24, 2.45) is 7.05 Å². The van der Waals surface area contributed by atoms with Gasteiger partial charge in [-0.05, 0) is 40.2 Å². The maximum atomic E-state index is 4.45. The van der Waals surface area contributed by atoms with Crippen LogP contribution in [-0.4, -0.2) is 9.78 Å². The molecule has 3 nitrogen and oxygen atoms in total. The molecule has 1 heterocycles. The Morgan fingerprint density at radius 2 is 1.63 bits per heavy atom. The van der Waals surface area contributed by atoms with Crippen molar-refractivity contribution < 1.29 is 0 Å². The van der Waals surface area contributed by atoms with Crippen molar-refractivity contribution in [3.63, 3.8) is 0 Å². The maximum Gasteiger partial charge on any atom is 0.0828 e. The largest absolute Gasteiger partial charge is 0.376 e. The maximum absolute atomic E-state index is 4.45. The minimum atomic E-state index is 0.278. The van der Waals surface area contributed by atoms with Crippen LogP contribution >= 0.6 is 0 Å². The first-order valence-electron chi connectivity index (χ1n) is 6.73. The molecule has 19 heavy (non-hydrogen) atoms. The van der Waals surface area contributed by atoms with Gasteiger partial charge in [-0.2, -0.15) is 5.10 Å². The van der Waals surface area contributed by atoms with Crippen LogP contribution in [0.15, 0.2) is 18.2 Å². The molecule has 102 valence electrons. The quantitative estimate of drug-likeness (QED) is 0.905. The van der Waals surface area contributed by atoms with Gasteiger partial charge in [0.25, 0.3) is 0 Å². The molecule has 3 heteroatoms. The number of benzene rings is 1. The molecule has 2 rings (SSSR count). The molecule has 0 saturated carbocycles. The highest BCUT2D eigenvalue weighted by Crippen LogP contribution is 2.25. The lowest BCUT2D eigenvalue weighted by Gasteiger charge is -2.17. The Bertz CT molecular complexity index is 576. The molecule has 0 aliphatic rings. The zero-order valence-electron chi connectivity index (χ0n) is 12.7. The van der Waals surface area contributed by atoms with Crippen molar-refractivity contribution in [3.05, 3.63) is 46.3 Å². The fourth-order valence-corrected chi connectivity index (χ4v) is 2.54. The number of aryl methyl sites for hydroxylation is 4. The summed E-state index contributed by atoms with van der Waals surface area (Å²) in [6, 6.07) is 6.97. The first kappa shape index (κ1) is 13.7. The summed E-state index contributed by atoms with van der Waals surface area (Å²) < 4.78 is 1.92. The van der Waals surface area contributed by atoms with Crippen molar-refractivity contribution >= 4 is 5.69 Å². The van der Waals surface area contributed by atoms with Crippen molar-refractivity contribution in [2.45, 2.75) is 40.7 Å². The predicted octanol–water partition coefficient (Wildman–Crippen LogP) is 3.83. The van der Waals surface area contributed by atoms with E-state index in [-0.39, 0.29) is 6.04 Å². The third-order valence-corrected chi connectivity index (χ3v) is 3.61. The van der Waals surface area contributed by atoms with E-state index in [4.69, 9.17) is 0 Å². The minimum Gasteiger partial charge on any atom is -0.376 e. The Morgan fingerprint density at radius 3 is 2.11 bits per heavy atom. The molecule has 2 aromatic rings. The number of hydrogen-bond acceptors (Lipinski definition) is 2. The van der Waals surface area contributed by atoms with Gasteiger partial charge in [-0.1, -0.05) is 29.3 Å². The summed E-state index contributed by atoms with van der Waals surface area (Å²) in [5.41, 5.74) is 7.31. The lowest BCUT2D eigenvalue weighted by atomic mass is 10.0. The Morgan fingerprint density at radius 1 is 1.05 bits per heavy atom. The second kappa shape index (κ2) is 5.08. The Labute approximate surface area is 115 Å². The van der Waals surface area contributed by atoms with Crippen LogP contribution in [0.2, 0.25) is 0 Å². The lowest BCUT2D eigenvalue weighted by molar-refractivity contribution is 0.731. The smallest absolute Gasteiger partial charge is 0.0828 e. The van der Waals surface area contributed by atoms with Crippen LogP contribution in [-0.2, 0) is 7.05 Å². The molecule has 1 N–H and O–H groups in total. The van der Waals surface area contributed by atoms with Gasteiger partial charge in [-0.3, -0.25) is 4.68 Å². The van der Waals surface area contributed by atoms with Gasteiger partial charge in [0.05, 0.1) is 17.1 Å². The Kier molecular flexibility index (Phi) is 3.65. The Hall–Kier alpha value is -1.77. The fraction of sp³-hybridized carbons (Fsp3) is 0.438. The Balaban J connectivity index is 2.27. The monoisotopic (exact) mass is 257 g/mol. The topological polar surface area (TPSA) is 29.9 Å². The third kappa shape index (κ3) is 2.80. The summed E-state index contributed by atoms with van der Waals surface area (Å²) >= 11 is 0. The van der Waals surface area contributed by atoms with Crippen LogP contribution in [0.25, 0.3) is 0 Å². The molecule has 0 aliphatic carbocycles. The molecule has 0 fully saturated rings. The molecule has 1 unspecified atom stereocenters. The number of anilines is 1. The van der Waals surface area contributed by atoms with Gasteiger partial charge in [-0.15, -0.1) is 0 Å². The predicted molar refractivity (Wildman–Crippen MR) is 80.6 cm³/mol. The van der Waals surface area contributed by atoms with E-state index in [9.17, 15) is 0 Å². The summed E-state index contributed by atoms with van der Waals surface area (Å²) in [6.45, 7) is 10.6. The van der Waals surface area contributed by atoms with Gasteiger partial charge in [0.2, 0.25) is 0 Å². The van der Waals surface area contributed by atoms with E-state index in [0.717, 1.165) is 11.4 Å². The molecule has 0 aliphatic heterocycles. The minimum absolute atomic E-state index is 0.278. The van der Waals surface area contributed by atoms with Crippen molar-refractivity contribution in [2.75, 3.05) is 5.32 Å². The van der Waals surface area contributed by atoms with Gasteiger partial charge < -0.3 is 5.32 Å². The van der Waals surface area contributed by atoms with Crippen molar-refractivity contribution in [1.82, 2.24) is 9.78 Å². The number of nitrogens with one attached hydrogen (secondary N) is 1. The van der Waals surface area contributed by atoms with Gasteiger partial charge in [0.1, 0.15) is 0 Å². The van der Waals surface area contributed by atoms with Gasteiger partial charge in [-0.25, -0.2) is 0 Å². The first-order chi connectivity index (χ1) is 8.88. The standard InChI is InChI=1S/C16H23N3/c1-10-7-11(2)9-15(8-10)12(3)17-16-13(4)18-19(6)14(16)5/h7-9,12,17H,1-6H3. The summed E-state index contributed by atoms with van der Waals surface area (Å²) in [7, 11) is 1.98. The zero-order chi connectivity index (χ0) is 14.2. The van der Waals surface area contributed by atoms with E-state index >= 15 is 0 Å². The number of nitrogens with zero attached hydrogens (tertiary/aromatic N) is 2. The van der Waals surface area contributed by atoms with Gasteiger partial charge in [0, 0.05) is 13.1 Å². The highest BCUT2D eigenvalue weighted by atomic mass is 15.3. The fourth-order valence-electron chi connectivity index (χ4n) is 2.54. The summed E-state index contributed by atoms with van der Waals surface area (Å²) in [5.74, 6) is 0. The average Bonchev–Trinajstić information content (AvgIpc) is 2.54. The molecule has 1 aromatic carbocycles. The molecule has 0 bridgehead atoms. The van der Waals surface area contributed by atoms with Crippen LogP contribution in [0.1, 0.15) is 41.0 Å². The van der Waals surface area contributed by atoms with E-state index in [1.807, 2.05) is 18.7 Å². The molecule has 0 spiro atoms. The van der Waals surface area contributed by atoms with Crippen LogP contribution < -0.4 is 5.32 Å². The van der Waals surface area contributed by atoms with Gasteiger partial charge in [0.15, 0.2) is 0 Å². The number of rotatable bonds is 3. The first-order valence-corrected chi connectivity index (χ1v) is 6.73. The lowest BCUT2D eigenvalue weighted by Crippen LogP contribution is -2.08. The highest BCUT2D eigenvalue weighted by Gasteiger charge is 2.13. The average molecular weight is 257 g/mol. The van der Waals surface area contributed by atoms with Crippen molar-refractivity contribution in [3.8, 4) is 0 Å². The van der Waals surface area contributed by atoms with E-state index in [1.165, 1.54) is 22.4 Å². The molecule has 0 amide bonds. The van der Waals surface area contributed by atoms with Crippen molar-refractivity contribution in [1.29, 1.82) is 0 Å². The van der Waals surface area contributed by atoms with E-state index in [0.29, 0.717) is 0 Å². The summed E-state index contributed by atoms with van der Waals surface area (Å²) in [6.07, 6.45) is 0. The normalized spacial score (nSPS) is 12.5. The molecule has 1 aromatic heterocycles. The molecular weight excluding hydrogens is 234 g/mol. The zero-order valence-corrected chi connectivity index (χ0v) is 12.7. The second-order valence-electron chi connectivity index (χ2n) is 5.46. The molecule has 1 atom stereocenters. The summed E-state index contributed by atoms with van der Waals surface area (Å²) in [5, 5.41) is 8.03. The molecular formula is C16H23N3. The number of aromatic nitrogens is 2. The van der Waals surface area contributed by atoms with E-state index in [2.05, 4.69) is 56.3 Å². The summed E-state index contributed by atoms with van der Waals surface area (Å²) in [4.78, 5) is 0. The van der Waals surface area contributed by atoms with Gasteiger partial charge >= 0.3 is 0 Å². The molecule has 0 radical (unpaired) electrons. The van der Waals surface area contributed by atoms with Crippen LogP contribution in [0.5, 0.6) is 0 Å². The molecule has 0 saturated heterocycles. The third-order valence-electron chi connectivity index (χ3n) is 3.61. The van der Waals surface area contributed by atoms with E-state index < -0.39 is 0 Å². The SMILES string of the molecule is Cc1cc(C)cc(C(C)Nc2c(C)nn(C)c2C)c1. The van der Waals surface area contributed by atoms with Crippen LogP contribution in [0.3, 0.4) is 0 Å². The van der Waals surface area contributed by atoms with E-state index in [1.54, 1.807) is 0 Å². The van der Waals surface area contributed by atoms with Crippen LogP contribution in [0, 0.1) is 27.7 Å². The second-order valence-corrected chi connectivity index (χ2v) is 5.46. The van der Waals surface area contributed by atoms with Crippen LogP contribution in [0.4, 0.5) is 5.69 Å². The number of hydrogen-bond donors (Lipinski definition) is 1. The highest BCUT2D eigenvalue weighted by molar-refractivity contribution is 5.53.